The van der Waals surface area contributed by atoms with E-state index in [0.29, 0.717) is 51.7 Å². The van der Waals surface area contributed by atoms with E-state index < -0.39 is 5.97 Å². The number of carbonyl (C=O) groups is 3. The molecule has 1 saturated heterocycles. The van der Waals surface area contributed by atoms with E-state index in [0.717, 1.165) is 5.76 Å². The van der Waals surface area contributed by atoms with Crippen molar-refractivity contribution in [1.82, 2.24) is 10.2 Å². The smallest absolute Gasteiger partial charge is 0.306 e. The summed E-state index contributed by atoms with van der Waals surface area (Å²) < 4.78 is 5.19. The first-order valence-corrected chi connectivity index (χ1v) is 8.86. The Bertz CT molecular complexity index is 619. The second-order valence-corrected chi connectivity index (χ2v) is 6.94. The minimum absolute atomic E-state index is 0.00435. The quantitative estimate of drug-likeness (QED) is 0.842. The van der Waals surface area contributed by atoms with E-state index in [1.165, 1.54) is 0 Å². The highest BCUT2D eigenvalue weighted by molar-refractivity contribution is 5.82. The second-order valence-electron chi connectivity index (χ2n) is 6.94. The van der Waals surface area contributed by atoms with E-state index >= 15 is 0 Å². The lowest BCUT2D eigenvalue weighted by molar-refractivity contribution is -0.142. The summed E-state index contributed by atoms with van der Waals surface area (Å²) in [6, 6.07) is 3.59. The van der Waals surface area contributed by atoms with Crippen molar-refractivity contribution in [2.45, 2.75) is 38.6 Å². The van der Waals surface area contributed by atoms with Crippen LogP contribution in [0.1, 0.15) is 37.9 Å². The maximum absolute atomic E-state index is 12.5. The van der Waals surface area contributed by atoms with Gasteiger partial charge in [-0.05, 0) is 44.2 Å². The van der Waals surface area contributed by atoms with Crippen LogP contribution in [0.3, 0.4) is 0 Å². The summed E-state index contributed by atoms with van der Waals surface area (Å²) in [5.41, 5.74) is 0. The monoisotopic (exact) mass is 348 g/mol. The fourth-order valence-corrected chi connectivity index (χ4v) is 3.78. The molecule has 7 nitrogen and oxygen atoms in total. The summed E-state index contributed by atoms with van der Waals surface area (Å²) in [5.74, 6) is -0.690. The van der Waals surface area contributed by atoms with Crippen LogP contribution < -0.4 is 5.32 Å². The Kier molecular flexibility index (Phi) is 5.40. The number of hydrogen-bond donors (Lipinski definition) is 2. The molecule has 2 fully saturated rings. The number of carbonyl (C=O) groups excluding carboxylic acids is 2. The molecule has 0 unspecified atom stereocenters. The first-order valence-electron chi connectivity index (χ1n) is 8.86. The van der Waals surface area contributed by atoms with Crippen LogP contribution in [0.2, 0.25) is 0 Å². The van der Waals surface area contributed by atoms with Gasteiger partial charge in [0.1, 0.15) is 5.76 Å². The lowest BCUT2D eigenvalue weighted by atomic mass is 9.94. The number of likely N-dealkylation sites (tertiary alicyclic amines) is 1. The first kappa shape index (κ1) is 17.5. The van der Waals surface area contributed by atoms with Gasteiger partial charge >= 0.3 is 5.97 Å². The highest BCUT2D eigenvalue weighted by Crippen LogP contribution is 2.33. The Morgan fingerprint density at radius 2 is 1.84 bits per heavy atom. The number of nitrogens with one attached hydrogen (secondary N) is 1. The van der Waals surface area contributed by atoms with Crippen molar-refractivity contribution in [2.75, 3.05) is 13.1 Å². The van der Waals surface area contributed by atoms with Gasteiger partial charge in [0.15, 0.2) is 0 Å². The summed E-state index contributed by atoms with van der Waals surface area (Å²) in [7, 11) is 0. The van der Waals surface area contributed by atoms with E-state index in [2.05, 4.69) is 5.32 Å². The van der Waals surface area contributed by atoms with Gasteiger partial charge in [0.25, 0.3) is 0 Å². The van der Waals surface area contributed by atoms with Crippen LogP contribution in [0.4, 0.5) is 0 Å². The maximum Gasteiger partial charge on any atom is 0.306 e. The van der Waals surface area contributed by atoms with Gasteiger partial charge in [-0.1, -0.05) is 0 Å². The van der Waals surface area contributed by atoms with Crippen molar-refractivity contribution in [3.05, 3.63) is 24.2 Å². The fraction of sp³-hybridized carbons (Fsp3) is 0.611. The number of aliphatic carboxylic acids is 1. The second kappa shape index (κ2) is 7.72. The zero-order valence-electron chi connectivity index (χ0n) is 14.1. The van der Waals surface area contributed by atoms with Crippen molar-refractivity contribution >= 4 is 17.8 Å². The topological polar surface area (TPSA) is 99.9 Å². The number of carboxylic acid groups (broad SMARTS) is 1. The Hall–Kier alpha value is -2.31. The van der Waals surface area contributed by atoms with E-state index in [1.54, 1.807) is 17.2 Å². The molecule has 7 heteroatoms. The molecule has 2 amide bonds. The number of furan rings is 1. The first-order chi connectivity index (χ1) is 12.0. The maximum atomic E-state index is 12.5. The molecule has 1 aromatic heterocycles. The molecular formula is C18H24N2O5. The number of rotatable bonds is 5. The van der Waals surface area contributed by atoms with Gasteiger partial charge in [0.05, 0.1) is 18.7 Å². The Morgan fingerprint density at radius 3 is 2.44 bits per heavy atom. The largest absolute Gasteiger partial charge is 0.481 e. The molecule has 2 heterocycles. The summed E-state index contributed by atoms with van der Waals surface area (Å²) in [6.45, 7) is 1.50. The molecule has 25 heavy (non-hydrogen) atoms. The van der Waals surface area contributed by atoms with Crippen molar-refractivity contribution in [2.24, 2.45) is 17.8 Å². The predicted octanol–water partition coefficient (Wildman–Crippen LogP) is 1.64. The third kappa shape index (κ3) is 4.21. The van der Waals surface area contributed by atoms with Crippen molar-refractivity contribution < 1.29 is 23.9 Å². The van der Waals surface area contributed by atoms with Gasteiger partial charge in [-0.25, -0.2) is 0 Å². The Balaban J connectivity index is 1.43. The normalized spacial score (nSPS) is 24.2. The van der Waals surface area contributed by atoms with Gasteiger partial charge < -0.3 is 19.7 Å². The lowest BCUT2D eigenvalue weighted by Crippen LogP contribution is -2.44. The molecule has 136 valence electrons. The van der Waals surface area contributed by atoms with Crippen molar-refractivity contribution in [3.63, 3.8) is 0 Å². The average Bonchev–Trinajstić information content (AvgIpc) is 3.30. The minimum Gasteiger partial charge on any atom is -0.481 e. The number of carboxylic acids is 1. The molecule has 1 saturated carbocycles. The summed E-state index contributed by atoms with van der Waals surface area (Å²) in [6.07, 6.45) is 4.54. The fourth-order valence-electron chi connectivity index (χ4n) is 3.78. The van der Waals surface area contributed by atoms with Crippen LogP contribution in [0.25, 0.3) is 0 Å². The van der Waals surface area contributed by atoms with Crippen LogP contribution in [-0.4, -0.2) is 40.9 Å². The van der Waals surface area contributed by atoms with Gasteiger partial charge in [0.2, 0.25) is 11.8 Å². The number of amides is 2. The molecule has 3 rings (SSSR count). The van der Waals surface area contributed by atoms with Crippen LogP contribution in [0.15, 0.2) is 22.8 Å². The Morgan fingerprint density at radius 1 is 1.12 bits per heavy atom. The van der Waals surface area contributed by atoms with E-state index in [-0.39, 0.29) is 29.6 Å². The molecule has 2 N–H and O–H groups in total. The summed E-state index contributed by atoms with van der Waals surface area (Å²) in [5, 5.41) is 11.9. The molecule has 2 atom stereocenters. The third-order valence-corrected chi connectivity index (χ3v) is 5.33. The molecular weight excluding hydrogens is 324 g/mol. The molecule has 2 aliphatic rings. The SMILES string of the molecule is O=C(NCc1ccco1)C1CCN(C(=O)[C@@H]2CC[C@H](C(=O)O)C2)CC1. The zero-order valence-corrected chi connectivity index (χ0v) is 14.1. The number of piperidine rings is 1. The van der Waals surface area contributed by atoms with Crippen LogP contribution >= 0.6 is 0 Å². The lowest BCUT2D eigenvalue weighted by Gasteiger charge is -2.33. The van der Waals surface area contributed by atoms with E-state index in [9.17, 15) is 14.4 Å². The molecule has 1 aliphatic heterocycles. The molecule has 0 spiro atoms. The minimum atomic E-state index is -0.803. The highest BCUT2D eigenvalue weighted by atomic mass is 16.4. The predicted molar refractivity (Wildman–Crippen MR) is 88.3 cm³/mol. The van der Waals surface area contributed by atoms with Gasteiger partial charge in [-0.15, -0.1) is 0 Å². The standard InChI is InChI=1S/C18H24N2O5/c21-16(19-11-15-2-1-9-25-15)12-5-7-20(8-6-12)17(22)13-3-4-14(10-13)18(23)24/h1-2,9,12-14H,3-8,10-11H2,(H,19,21)(H,23,24)/t13-,14+/m1/s1. The van der Waals surface area contributed by atoms with Crippen molar-refractivity contribution in [1.29, 1.82) is 0 Å². The summed E-state index contributed by atoms with van der Waals surface area (Å²) >= 11 is 0. The van der Waals surface area contributed by atoms with E-state index in [1.807, 2.05) is 6.07 Å². The van der Waals surface area contributed by atoms with Crippen molar-refractivity contribution in [3.8, 4) is 0 Å². The number of hydrogen-bond acceptors (Lipinski definition) is 4. The van der Waals surface area contributed by atoms with Gasteiger partial charge in [0, 0.05) is 24.9 Å². The summed E-state index contributed by atoms with van der Waals surface area (Å²) in [4.78, 5) is 37.6. The third-order valence-electron chi connectivity index (χ3n) is 5.33. The molecule has 0 bridgehead atoms. The van der Waals surface area contributed by atoms with Crippen LogP contribution in [0.5, 0.6) is 0 Å². The Labute approximate surface area is 146 Å². The number of nitrogens with zero attached hydrogens (tertiary/aromatic N) is 1. The zero-order chi connectivity index (χ0) is 17.8. The highest BCUT2D eigenvalue weighted by Gasteiger charge is 2.37. The molecule has 1 aromatic rings. The molecule has 1 aliphatic carbocycles. The molecule has 0 aromatic carbocycles. The average molecular weight is 348 g/mol. The molecule has 0 radical (unpaired) electrons. The van der Waals surface area contributed by atoms with E-state index in [4.69, 9.17) is 9.52 Å². The van der Waals surface area contributed by atoms with Crippen LogP contribution in [-0.2, 0) is 20.9 Å². The van der Waals surface area contributed by atoms with Gasteiger partial charge in [-0.3, -0.25) is 14.4 Å². The van der Waals surface area contributed by atoms with Gasteiger partial charge in [-0.2, -0.15) is 0 Å². The van der Waals surface area contributed by atoms with Crippen LogP contribution in [0, 0.1) is 17.8 Å².